The van der Waals surface area contributed by atoms with Gasteiger partial charge in [0.15, 0.2) is 0 Å². The second-order valence-electron chi connectivity index (χ2n) is 3.93. The maximum Gasteiger partial charge on any atom is 0.261 e. The van der Waals surface area contributed by atoms with E-state index in [0.29, 0.717) is 11.9 Å². The van der Waals surface area contributed by atoms with E-state index >= 15 is 0 Å². The van der Waals surface area contributed by atoms with Gasteiger partial charge in [0.25, 0.3) is 5.91 Å². The van der Waals surface area contributed by atoms with E-state index in [9.17, 15) is 4.79 Å². The van der Waals surface area contributed by atoms with Crippen molar-refractivity contribution in [2.45, 2.75) is 6.04 Å². The number of fused-ring (bicyclic) bond motifs is 1. The van der Waals surface area contributed by atoms with Gasteiger partial charge < -0.3 is 10.1 Å². The van der Waals surface area contributed by atoms with Crippen molar-refractivity contribution in [3.8, 4) is 0 Å². The van der Waals surface area contributed by atoms with Crippen LogP contribution in [0.25, 0.3) is 10.1 Å². The lowest BCUT2D eigenvalue weighted by Gasteiger charge is -2.14. The lowest BCUT2D eigenvalue weighted by Crippen LogP contribution is -2.38. The smallest absolute Gasteiger partial charge is 0.261 e. The molecule has 2 rings (SSSR count). The topological polar surface area (TPSA) is 38.3 Å². The van der Waals surface area contributed by atoms with Gasteiger partial charge >= 0.3 is 0 Å². The summed E-state index contributed by atoms with van der Waals surface area (Å²) in [6.45, 7) is 0.502. The first-order valence-corrected chi connectivity index (χ1v) is 7.52. The molecule has 1 heterocycles. The number of carbonyl (C=O) groups excluding carboxylic acids is 1. The largest absolute Gasteiger partial charge is 0.383 e. The van der Waals surface area contributed by atoms with Crippen LogP contribution in [0, 0.1) is 0 Å². The van der Waals surface area contributed by atoms with Crippen LogP contribution in [-0.4, -0.2) is 31.0 Å². The third-order valence-electron chi connectivity index (χ3n) is 2.54. The molecule has 1 aromatic carbocycles. The molecule has 0 saturated heterocycles. The molecule has 1 atom stereocenters. The summed E-state index contributed by atoms with van der Waals surface area (Å²) in [5.41, 5.74) is 0. The molecule has 1 aromatic heterocycles. The molecule has 1 unspecified atom stereocenters. The highest BCUT2D eigenvalue weighted by molar-refractivity contribution is 9.09. The number of hydrogen-bond donors (Lipinski definition) is 1. The fourth-order valence-electron chi connectivity index (χ4n) is 1.68. The van der Waals surface area contributed by atoms with E-state index in [1.54, 1.807) is 7.11 Å². The van der Waals surface area contributed by atoms with Crippen molar-refractivity contribution < 1.29 is 9.53 Å². The molecule has 0 aliphatic carbocycles. The van der Waals surface area contributed by atoms with Crippen molar-refractivity contribution in [3.63, 3.8) is 0 Å². The minimum Gasteiger partial charge on any atom is -0.383 e. The molecule has 0 spiro atoms. The highest BCUT2D eigenvalue weighted by Gasteiger charge is 2.14. The predicted molar refractivity (Wildman–Crippen MR) is 78.7 cm³/mol. The van der Waals surface area contributed by atoms with Crippen molar-refractivity contribution in [1.82, 2.24) is 5.32 Å². The normalized spacial score (nSPS) is 12.6. The molecule has 0 fully saturated rings. The van der Waals surface area contributed by atoms with Crippen LogP contribution in [0.15, 0.2) is 30.3 Å². The van der Waals surface area contributed by atoms with Crippen LogP contribution in [0.4, 0.5) is 0 Å². The summed E-state index contributed by atoms with van der Waals surface area (Å²) in [5, 5.41) is 4.73. The molecule has 96 valence electrons. The quantitative estimate of drug-likeness (QED) is 0.857. The Labute approximate surface area is 118 Å². The van der Waals surface area contributed by atoms with Crippen LogP contribution in [0.5, 0.6) is 0 Å². The summed E-state index contributed by atoms with van der Waals surface area (Å²) < 4.78 is 6.18. The molecule has 3 nitrogen and oxygen atoms in total. The van der Waals surface area contributed by atoms with Crippen molar-refractivity contribution in [1.29, 1.82) is 0 Å². The van der Waals surface area contributed by atoms with E-state index in [1.807, 2.05) is 30.3 Å². The number of alkyl halides is 1. The Balaban J connectivity index is 2.13. The van der Waals surface area contributed by atoms with E-state index in [4.69, 9.17) is 4.74 Å². The lowest BCUT2D eigenvalue weighted by atomic mass is 10.2. The average molecular weight is 328 g/mol. The summed E-state index contributed by atoms with van der Waals surface area (Å²) in [5.74, 6) is -0.0438. The second kappa shape index (κ2) is 6.31. The number of methoxy groups -OCH3 is 1. The fraction of sp³-hybridized carbons (Fsp3) is 0.308. The molecule has 0 aliphatic heterocycles. The standard InChI is InChI=1S/C13H14BrNO2S/c1-17-8-10(7-14)15-13(16)12-6-9-4-2-3-5-11(9)18-12/h2-6,10H,7-8H2,1H3,(H,15,16). The number of thiophene rings is 1. The van der Waals surface area contributed by atoms with Crippen molar-refractivity contribution in [2.75, 3.05) is 19.0 Å². The third kappa shape index (κ3) is 3.10. The molecule has 1 N–H and O–H groups in total. The van der Waals surface area contributed by atoms with Crippen LogP contribution in [-0.2, 0) is 4.74 Å². The fourth-order valence-corrected chi connectivity index (χ4v) is 2.99. The number of carbonyl (C=O) groups is 1. The lowest BCUT2D eigenvalue weighted by molar-refractivity contribution is 0.0912. The Morgan fingerprint density at radius 3 is 2.94 bits per heavy atom. The summed E-state index contributed by atoms with van der Waals surface area (Å²) in [7, 11) is 1.63. The molecular weight excluding hydrogens is 314 g/mol. The van der Waals surface area contributed by atoms with Crippen LogP contribution in [0.1, 0.15) is 9.67 Å². The van der Waals surface area contributed by atoms with Gasteiger partial charge in [-0.3, -0.25) is 4.79 Å². The van der Waals surface area contributed by atoms with E-state index < -0.39 is 0 Å². The SMILES string of the molecule is COCC(CBr)NC(=O)c1cc2ccccc2s1. The van der Waals surface area contributed by atoms with Gasteiger partial charge in [0.05, 0.1) is 17.5 Å². The minimum absolute atomic E-state index is 0.00675. The first kappa shape index (κ1) is 13.5. The second-order valence-corrected chi connectivity index (χ2v) is 5.66. The number of rotatable bonds is 5. The number of ether oxygens (including phenoxy) is 1. The Morgan fingerprint density at radius 1 is 1.50 bits per heavy atom. The van der Waals surface area contributed by atoms with Gasteiger partial charge in [-0.05, 0) is 17.5 Å². The van der Waals surface area contributed by atoms with Gasteiger partial charge in [0.1, 0.15) is 0 Å². The number of benzene rings is 1. The minimum atomic E-state index is -0.0438. The Bertz CT molecular complexity index is 508. The molecule has 0 bridgehead atoms. The molecule has 0 aliphatic rings. The number of hydrogen-bond acceptors (Lipinski definition) is 3. The van der Waals surface area contributed by atoms with E-state index in [0.717, 1.165) is 15.0 Å². The number of halogens is 1. The summed E-state index contributed by atoms with van der Waals surface area (Å²) in [4.78, 5) is 12.8. The van der Waals surface area contributed by atoms with Crippen molar-refractivity contribution in [2.24, 2.45) is 0 Å². The zero-order valence-corrected chi connectivity index (χ0v) is 12.4. The molecule has 2 aromatic rings. The number of nitrogens with one attached hydrogen (secondary N) is 1. The first-order chi connectivity index (χ1) is 8.74. The summed E-state index contributed by atoms with van der Waals surface area (Å²) in [6.07, 6.45) is 0. The predicted octanol–water partition coefficient (Wildman–Crippen LogP) is 3.04. The zero-order chi connectivity index (χ0) is 13.0. The maximum absolute atomic E-state index is 12.1. The van der Waals surface area contributed by atoms with Gasteiger partial charge in [0.2, 0.25) is 0 Å². The van der Waals surface area contributed by atoms with E-state index in [1.165, 1.54) is 11.3 Å². The summed E-state index contributed by atoms with van der Waals surface area (Å²) in [6, 6.07) is 9.91. The van der Waals surface area contributed by atoms with Crippen LogP contribution in [0.2, 0.25) is 0 Å². The van der Waals surface area contributed by atoms with Crippen LogP contribution >= 0.6 is 27.3 Å². The first-order valence-electron chi connectivity index (χ1n) is 5.59. The van der Waals surface area contributed by atoms with Gasteiger partial charge in [-0.1, -0.05) is 34.1 Å². The van der Waals surface area contributed by atoms with Crippen LogP contribution < -0.4 is 5.32 Å². The number of amides is 1. The molecule has 0 saturated carbocycles. The highest BCUT2D eigenvalue weighted by Crippen LogP contribution is 2.25. The van der Waals surface area contributed by atoms with Gasteiger partial charge in [-0.15, -0.1) is 11.3 Å². The van der Waals surface area contributed by atoms with Gasteiger partial charge in [-0.25, -0.2) is 0 Å². The third-order valence-corrected chi connectivity index (χ3v) is 4.44. The summed E-state index contributed by atoms with van der Waals surface area (Å²) >= 11 is 4.87. The molecular formula is C13H14BrNO2S. The average Bonchev–Trinajstić information content (AvgIpc) is 2.82. The van der Waals surface area contributed by atoms with Gasteiger partial charge in [0, 0.05) is 17.1 Å². The maximum atomic E-state index is 12.1. The Morgan fingerprint density at radius 2 is 2.28 bits per heavy atom. The monoisotopic (exact) mass is 327 g/mol. The molecule has 0 radical (unpaired) electrons. The molecule has 18 heavy (non-hydrogen) atoms. The van der Waals surface area contributed by atoms with E-state index in [2.05, 4.69) is 21.2 Å². The van der Waals surface area contributed by atoms with Crippen LogP contribution in [0.3, 0.4) is 0 Å². The zero-order valence-electron chi connectivity index (χ0n) is 9.98. The molecule has 5 heteroatoms. The highest BCUT2D eigenvalue weighted by atomic mass is 79.9. The Hall–Kier alpha value is -0.910. The molecule has 1 amide bonds. The van der Waals surface area contributed by atoms with Crippen molar-refractivity contribution in [3.05, 3.63) is 35.2 Å². The van der Waals surface area contributed by atoms with Gasteiger partial charge in [-0.2, -0.15) is 0 Å². The Kier molecular flexibility index (Phi) is 4.74. The van der Waals surface area contributed by atoms with Crippen molar-refractivity contribution >= 4 is 43.3 Å². The van der Waals surface area contributed by atoms with E-state index in [-0.39, 0.29) is 11.9 Å².